The quantitative estimate of drug-likeness (QED) is 0.335. The molecule has 9 heteroatoms. The number of hydrogen-bond donors (Lipinski definition) is 1. The van der Waals surface area contributed by atoms with Gasteiger partial charge in [-0.15, -0.1) is 0 Å². The van der Waals surface area contributed by atoms with Crippen LogP contribution in [0.25, 0.3) is 22.3 Å². The van der Waals surface area contributed by atoms with Crippen LogP contribution in [0.2, 0.25) is 0 Å². The zero-order chi connectivity index (χ0) is 26.8. The molecule has 4 aromatic rings. The molecule has 1 saturated heterocycles. The SMILES string of the molecule is CN(C/C=C/C(=O)N1CCC(n2nc(-c3ccc(Oc4ccccc4)cc3)c3c(N)ncnc32)CC1)C1CC1. The van der Waals surface area contributed by atoms with Gasteiger partial charge in [-0.25, -0.2) is 14.6 Å². The van der Waals surface area contributed by atoms with Gasteiger partial charge in [0.15, 0.2) is 5.65 Å². The van der Waals surface area contributed by atoms with Gasteiger partial charge in [0.2, 0.25) is 5.91 Å². The summed E-state index contributed by atoms with van der Waals surface area (Å²) in [5.74, 6) is 2.00. The molecule has 2 N–H and O–H groups in total. The number of carbonyl (C=O) groups is 1. The molecular formula is C30H33N7O2. The minimum Gasteiger partial charge on any atom is -0.457 e. The van der Waals surface area contributed by atoms with Gasteiger partial charge in [0.1, 0.15) is 29.3 Å². The smallest absolute Gasteiger partial charge is 0.246 e. The number of nitrogens with two attached hydrogens (primary N) is 1. The summed E-state index contributed by atoms with van der Waals surface area (Å²) in [6.07, 6.45) is 9.31. The molecule has 2 fully saturated rings. The molecule has 2 aliphatic rings. The summed E-state index contributed by atoms with van der Waals surface area (Å²) < 4.78 is 7.92. The van der Waals surface area contributed by atoms with Gasteiger partial charge in [0, 0.05) is 37.3 Å². The number of aromatic nitrogens is 4. The highest BCUT2D eigenvalue weighted by Gasteiger charge is 2.28. The summed E-state index contributed by atoms with van der Waals surface area (Å²) in [5, 5.41) is 5.74. The molecule has 0 bridgehead atoms. The first-order valence-electron chi connectivity index (χ1n) is 13.5. The maximum absolute atomic E-state index is 12.7. The number of rotatable bonds is 8. The zero-order valence-electron chi connectivity index (χ0n) is 22.1. The third-order valence-corrected chi connectivity index (χ3v) is 7.57. The minimum absolute atomic E-state index is 0.0769. The molecule has 1 amide bonds. The number of nitrogen functional groups attached to an aromatic ring is 1. The topological polar surface area (TPSA) is 102 Å². The van der Waals surface area contributed by atoms with Gasteiger partial charge in [-0.05, 0) is 69.1 Å². The number of nitrogens with zero attached hydrogens (tertiary/aromatic N) is 6. The Kier molecular flexibility index (Phi) is 6.98. The lowest BCUT2D eigenvalue weighted by Crippen LogP contribution is -2.38. The third-order valence-electron chi connectivity index (χ3n) is 7.57. The Hall–Kier alpha value is -4.24. The van der Waals surface area contributed by atoms with Crippen molar-refractivity contribution < 1.29 is 9.53 Å². The largest absolute Gasteiger partial charge is 0.457 e. The standard InChI is InChI=1S/C30H33N7O2/c1-35(22-11-12-22)17-5-8-26(38)36-18-15-23(16-19-36)37-30-27(29(31)32-20-33-30)28(34-37)21-9-13-25(14-10-21)39-24-6-3-2-4-7-24/h2-10,13-14,20,22-23H,11-12,15-19H2,1H3,(H2,31,32,33)/b8-5+. The number of likely N-dealkylation sites (N-methyl/N-ethyl adjacent to an activating group) is 1. The van der Waals surface area contributed by atoms with E-state index in [4.69, 9.17) is 15.6 Å². The van der Waals surface area contributed by atoms with Crippen molar-refractivity contribution >= 4 is 22.8 Å². The second-order valence-corrected chi connectivity index (χ2v) is 10.3. The third kappa shape index (κ3) is 5.49. The molecule has 3 heterocycles. The average Bonchev–Trinajstić information content (AvgIpc) is 3.75. The molecular weight excluding hydrogens is 490 g/mol. The Bertz CT molecular complexity index is 1470. The van der Waals surface area contributed by atoms with E-state index in [1.807, 2.05) is 70.3 Å². The van der Waals surface area contributed by atoms with Crippen LogP contribution in [0.15, 0.2) is 73.1 Å². The molecule has 2 aromatic carbocycles. The highest BCUT2D eigenvalue weighted by Crippen LogP contribution is 2.35. The van der Waals surface area contributed by atoms with Crippen LogP contribution in [-0.4, -0.2) is 68.2 Å². The summed E-state index contributed by atoms with van der Waals surface area (Å²) >= 11 is 0. The van der Waals surface area contributed by atoms with Crippen LogP contribution in [0.3, 0.4) is 0 Å². The number of carbonyl (C=O) groups excluding carboxylic acids is 1. The normalized spacial score (nSPS) is 16.4. The lowest BCUT2D eigenvalue weighted by atomic mass is 10.0. The molecule has 2 aromatic heterocycles. The number of fused-ring (bicyclic) bond motifs is 1. The van der Waals surface area contributed by atoms with Crippen molar-refractivity contribution in [2.75, 3.05) is 32.4 Å². The number of hydrogen-bond acceptors (Lipinski definition) is 7. The maximum atomic E-state index is 12.7. The van der Waals surface area contributed by atoms with E-state index < -0.39 is 0 Å². The molecule has 0 spiro atoms. The Morgan fingerprint density at radius 3 is 2.46 bits per heavy atom. The van der Waals surface area contributed by atoms with Crippen LogP contribution in [0.4, 0.5) is 5.82 Å². The van der Waals surface area contributed by atoms with Crippen LogP contribution < -0.4 is 10.5 Å². The first-order chi connectivity index (χ1) is 19.1. The summed E-state index contributed by atoms with van der Waals surface area (Å²) in [6, 6.07) is 18.3. The predicted octanol–water partition coefficient (Wildman–Crippen LogP) is 4.68. The Balaban J connectivity index is 1.17. The maximum Gasteiger partial charge on any atom is 0.246 e. The van der Waals surface area contributed by atoms with Gasteiger partial charge >= 0.3 is 0 Å². The van der Waals surface area contributed by atoms with E-state index in [9.17, 15) is 4.79 Å². The Morgan fingerprint density at radius 1 is 1.03 bits per heavy atom. The number of para-hydroxylation sites is 1. The lowest BCUT2D eigenvalue weighted by molar-refractivity contribution is -0.127. The number of benzene rings is 2. The van der Waals surface area contributed by atoms with Crippen molar-refractivity contribution in [3.63, 3.8) is 0 Å². The summed E-state index contributed by atoms with van der Waals surface area (Å²) in [6.45, 7) is 2.17. The van der Waals surface area contributed by atoms with Crippen molar-refractivity contribution in [3.8, 4) is 22.8 Å². The van der Waals surface area contributed by atoms with E-state index in [1.165, 1.54) is 19.2 Å². The van der Waals surface area contributed by atoms with E-state index in [0.717, 1.165) is 53.2 Å². The number of amides is 1. The summed E-state index contributed by atoms with van der Waals surface area (Å²) in [4.78, 5) is 25.8. The molecule has 0 radical (unpaired) electrons. The van der Waals surface area contributed by atoms with E-state index >= 15 is 0 Å². The van der Waals surface area contributed by atoms with Gasteiger partial charge in [-0.1, -0.05) is 24.3 Å². The fourth-order valence-corrected chi connectivity index (χ4v) is 5.18. The molecule has 1 aliphatic heterocycles. The molecule has 200 valence electrons. The van der Waals surface area contributed by atoms with Gasteiger partial charge in [0.05, 0.1) is 11.4 Å². The van der Waals surface area contributed by atoms with Crippen LogP contribution in [0.1, 0.15) is 31.7 Å². The van der Waals surface area contributed by atoms with Crippen LogP contribution in [-0.2, 0) is 4.79 Å². The Morgan fingerprint density at radius 2 is 1.74 bits per heavy atom. The first kappa shape index (κ1) is 25.1. The summed E-state index contributed by atoms with van der Waals surface area (Å²) in [5.41, 5.74) is 8.70. The highest BCUT2D eigenvalue weighted by molar-refractivity contribution is 5.98. The molecule has 9 nitrogen and oxygen atoms in total. The van der Waals surface area contributed by atoms with Gasteiger partial charge in [-0.3, -0.25) is 9.69 Å². The second-order valence-electron chi connectivity index (χ2n) is 10.3. The second kappa shape index (κ2) is 10.9. The molecule has 0 unspecified atom stereocenters. The van der Waals surface area contributed by atoms with Crippen molar-refractivity contribution in [2.45, 2.75) is 37.8 Å². The van der Waals surface area contributed by atoms with Crippen molar-refractivity contribution in [1.29, 1.82) is 0 Å². The minimum atomic E-state index is 0.0769. The fraction of sp³-hybridized carbons (Fsp3) is 0.333. The van der Waals surface area contributed by atoms with Crippen molar-refractivity contribution in [3.05, 3.63) is 73.1 Å². The first-order valence-corrected chi connectivity index (χ1v) is 13.5. The molecule has 6 rings (SSSR count). The fourth-order valence-electron chi connectivity index (χ4n) is 5.18. The number of ether oxygens (including phenoxy) is 1. The van der Waals surface area contributed by atoms with Crippen molar-refractivity contribution in [1.82, 2.24) is 29.5 Å². The van der Waals surface area contributed by atoms with E-state index in [2.05, 4.69) is 21.9 Å². The van der Waals surface area contributed by atoms with E-state index in [0.29, 0.717) is 24.9 Å². The van der Waals surface area contributed by atoms with Crippen LogP contribution in [0.5, 0.6) is 11.5 Å². The average molecular weight is 524 g/mol. The number of anilines is 1. The monoisotopic (exact) mass is 523 g/mol. The van der Waals surface area contributed by atoms with Gasteiger partial charge in [0.25, 0.3) is 0 Å². The van der Waals surface area contributed by atoms with Gasteiger partial charge in [-0.2, -0.15) is 5.10 Å². The molecule has 0 atom stereocenters. The lowest BCUT2D eigenvalue weighted by Gasteiger charge is -2.31. The number of piperidine rings is 1. The molecule has 39 heavy (non-hydrogen) atoms. The summed E-state index contributed by atoms with van der Waals surface area (Å²) in [7, 11) is 2.11. The Labute approximate surface area is 227 Å². The number of likely N-dealkylation sites (tertiary alicyclic amines) is 1. The van der Waals surface area contributed by atoms with Crippen LogP contribution >= 0.6 is 0 Å². The van der Waals surface area contributed by atoms with Crippen LogP contribution in [0, 0.1) is 0 Å². The van der Waals surface area contributed by atoms with E-state index in [-0.39, 0.29) is 11.9 Å². The van der Waals surface area contributed by atoms with E-state index in [1.54, 1.807) is 6.08 Å². The van der Waals surface area contributed by atoms with Gasteiger partial charge < -0.3 is 15.4 Å². The zero-order valence-corrected chi connectivity index (χ0v) is 22.1. The predicted molar refractivity (Wildman–Crippen MR) is 151 cm³/mol. The molecule has 1 aliphatic carbocycles. The highest BCUT2D eigenvalue weighted by atomic mass is 16.5. The van der Waals surface area contributed by atoms with Crippen molar-refractivity contribution in [2.24, 2.45) is 0 Å². The molecule has 1 saturated carbocycles.